The van der Waals surface area contributed by atoms with Crippen molar-refractivity contribution in [2.45, 2.75) is 18.2 Å². The molecule has 25 heavy (non-hydrogen) atoms. The molecule has 0 saturated carbocycles. The summed E-state index contributed by atoms with van der Waals surface area (Å²) < 4.78 is 30.1. The van der Waals surface area contributed by atoms with Gasteiger partial charge in [0.25, 0.3) is 5.91 Å². The average molecular weight is 359 g/mol. The van der Waals surface area contributed by atoms with Gasteiger partial charge in [-0.1, -0.05) is 37.3 Å². The molecule has 1 unspecified atom stereocenters. The predicted molar refractivity (Wildman–Crippen MR) is 95.6 cm³/mol. The lowest BCUT2D eigenvalue weighted by molar-refractivity contribution is 0.0935. The first-order chi connectivity index (χ1) is 12.0. The van der Waals surface area contributed by atoms with Crippen LogP contribution in [0.5, 0.6) is 5.75 Å². The predicted octanol–water partition coefficient (Wildman–Crippen LogP) is 2.46. The number of nitrogens with one attached hydrogen (secondary N) is 1. The Morgan fingerprint density at radius 3 is 2.68 bits per heavy atom. The van der Waals surface area contributed by atoms with Crippen LogP contribution in [0.2, 0.25) is 0 Å². The van der Waals surface area contributed by atoms with Gasteiger partial charge in [0.15, 0.2) is 9.84 Å². The number of para-hydroxylation sites is 1. The average Bonchev–Trinajstić information content (AvgIpc) is 2.66. The van der Waals surface area contributed by atoms with Gasteiger partial charge in [0, 0.05) is 12.5 Å². The number of ether oxygens (including phenoxy) is 1. The molecule has 2 aromatic carbocycles. The number of sulfone groups is 1. The maximum absolute atomic E-state index is 12.5. The summed E-state index contributed by atoms with van der Waals surface area (Å²) in [5, 5.41) is 2.85. The van der Waals surface area contributed by atoms with Crippen LogP contribution in [0.25, 0.3) is 0 Å². The highest BCUT2D eigenvalue weighted by Crippen LogP contribution is 2.26. The lowest BCUT2D eigenvalue weighted by Crippen LogP contribution is -2.35. The molecule has 0 fully saturated rings. The van der Waals surface area contributed by atoms with E-state index >= 15 is 0 Å². The van der Waals surface area contributed by atoms with E-state index < -0.39 is 9.84 Å². The van der Waals surface area contributed by atoms with Crippen LogP contribution in [-0.4, -0.2) is 33.2 Å². The van der Waals surface area contributed by atoms with Crippen LogP contribution < -0.4 is 10.1 Å². The van der Waals surface area contributed by atoms with Crippen molar-refractivity contribution in [1.29, 1.82) is 0 Å². The van der Waals surface area contributed by atoms with Crippen LogP contribution in [0.1, 0.15) is 22.8 Å². The largest absolute Gasteiger partial charge is 0.493 e. The van der Waals surface area contributed by atoms with Gasteiger partial charge in [-0.2, -0.15) is 0 Å². The molecule has 1 N–H and O–H groups in total. The van der Waals surface area contributed by atoms with E-state index in [1.165, 1.54) is 6.07 Å². The zero-order chi connectivity index (χ0) is 17.9. The molecular formula is C19H21NO4S. The van der Waals surface area contributed by atoms with Crippen LogP contribution >= 0.6 is 0 Å². The number of hydrogen-bond donors (Lipinski definition) is 1. The van der Waals surface area contributed by atoms with Crippen molar-refractivity contribution < 1.29 is 17.9 Å². The minimum Gasteiger partial charge on any atom is -0.493 e. The van der Waals surface area contributed by atoms with Crippen LogP contribution in [0.4, 0.5) is 0 Å². The maximum Gasteiger partial charge on any atom is 0.252 e. The van der Waals surface area contributed by atoms with Crippen molar-refractivity contribution in [3.05, 3.63) is 59.7 Å². The molecule has 3 rings (SSSR count). The Balaban J connectivity index is 1.69. The van der Waals surface area contributed by atoms with Gasteiger partial charge in [0.05, 0.1) is 22.8 Å². The number of carbonyl (C=O) groups excluding carboxylic acids is 1. The summed E-state index contributed by atoms with van der Waals surface area (Å²) in [7, 11) is -3.44. The summed E-state index contributed by atoms with van der Waals surface area (Å²) in [4.78, 5) is 12.6. The fourth-order valence-corrected chi connectivity index (χ4v) is 4.03. The van der Waals surface area contributed by atoms with Gasteiger partial charge in [-0.15, -0.1) is 0 Å². The number of rotatable bonds is 5. The molecule has 6 heteroatoms. The normalized spacial score (nSPS) is 16.6. The van der Waals surface area contributed by atoms with E-state index in [4.69, 9.17) is 4.74 Å². The Hall–Kier alpha value is -2.34. The maximum atomic E-state index is 12.5. The molecule has 0 radical (unpaired) electrons. The minimum atomic E-state index is -3.44. The molecule has 1 amide bonds. The Kier molecular flexibility index (Phi) is 5.08. The van der Waals surface area contributed by atoms with Crippen LogP contribution in [0.15, 0.2) is 53.4 Å². The van der Waals surface area contributed by atoms with Gasteiger partial charge < -0.3 is 10.1 Å². The number of fused-ring (bicyclic) bond motifs is 1. The van der Waals surface area contributed by atoms with E-state index in [9.17, 15) is 13.2 Å². The third kappa shape index (κ3) is 3.85. The van der Waals surface area contributed by atoms with Gasteiger partial charge in [-0.05, 0) is 30.2 Å². The van der Waals surface area contributed by atoms with E-state index in [0.29, 0.717) is 13.2 Å². The molecule has 0 aromatic heterocycles. The smallest absolute Gasteiger partial charge is 0.252 e. The van der Waals surface area contributed by atoms with Gasteiger partial charge >= 0.3 is 0 Å². The summed E-state index contributed by atoms with van der Waals surface area (Å²) in [6.07, 6.45) is 0.825. The highest BCUT2D eigenvalue weighted by atomic mass is 32.2. The number of hydrogen-bond acceptors (Lipinski definition) is 4. The first-order valence-electron chi connectivity index (χ1n) is 8.32. The van der Waals surface area contributed by atoms with Crippen molar-refractivity contribution in [1.82, 2.24) is 5.32 Å². The lowest BCUT2D eigenvalue weighted by Gasteiger charge is -2.25. The Bertz CT molecular complexity index is 876. The van der Waals surface area contributed by atoms with E-state index in [1.807, 2.05) is 24.3 Å². The second-order valence-electron chi connectivity index (χ2n) is 6.10. The molecule has 0 saturated heterocycles. The molecule has 0 bridgehead atoms. The summed E-state index contributed by atoms with van der Waals surface area (Å²) in [5.41, 5.74) is 1.32. The molecular weight excluding hydrogens is 338 g/mol. The lowest BCUT2D eigenvalue weighted by atomic mass is 9.96. The molecule has 1 aliphatic rings. The van der Waals surface area contributed by atoms with Gasteiger partial charge in [0.2, 0.25) is 0 Å². The van der Waals surface area contributed by atoms with Crippen molar-refractivity contribution in [3.8, 4) is 5.75 Å². The number of amides is 1. The van der Waals surface area contributed by atoms with Crippen molar-refractivity contribution >= 4 is 15.7 Å². The Morgan fingerprint density at radius 1 is 1.16 bits per heavy atom. The van der Waals surface area contributed by atoms with Crippen molar-refractivity contribution in [2.75, 3.05) is 18.9 Å². The van der Waals surface area contributed by atoms with Gasteiger partial charge in [-0.3, -0.25) is 4.79 Å². The highest BCUT2D eigenvalue weighted by Gasteiger charge is 2.23. The van der Waals surface area contributed by atoms with Crippen molar-refractivity contribution in [3.63, 3.8) is 0 Å². The van der Waals surface area contributed by atoms with Crippen LogP contribution in [-0.2, 0) is 16.3 Å². The molecule has 0 aliphatic carbocycles. The molecule has 5 nitrogen and oxygen atoms in total. The third-order valence-corrected chi connectivity index (χ3v) is 6.14. The van der Waals surface area contributed by atoms with E-state index in [-0.39, 0.29) is 28.0 Å². The molecule has 1 aliphatic heterocycles. The van der Waals surface area contributed by atoms with E-state index in [2.05, 4.69) is 5.32 Å². The molecule has 2 aromatic rings. The fourth-order valence-electron chi connectivity index (χ4n) is 2.94. The Morgan fingerprint density at radius 2 is 1.88 bits per heavy atom. The second-order valence-corrected chi connectivity index (χ2v) is 8.35. The van der Waals surface area contributed by atoms with E-state index in [1.54, 1.807) is 25.1 Å². The first-order valence-corrected chi connectivity index (χ1v) is 9.97. The standard InChI is InChI=1S/C19H21NO4S/c1-2-25(22,23)18-10-6-4-8-16(18)19(21)20-12-14-11-15-7-3-5-9-17(15)24-13-14/h3-10,14H,2,11-13H2,1H3,(H,20,21). The third-order valence-electron chi connectivity index (χ3n) is 4.35. The first kappa shape index (κ1) is 17.5. The summed E-state index contributed by atoms with van der Waals surface area (Å²) in [5.74, 6) is 0.648. The zero-order valence-electron chi connectivity index (χ0n) is 14.1. The Labute approximate surface area is 147 Å². The van der Waals surface area contributed by atoms with Crippen molar-refractivity contribution in [2.24, 2.45) is 5.92 Å². The van der Waals surface area contributed by atoms with E-state index in [0.717, 1.165) is 17.7 Å². The monoisotopic (exact) mass is 359 g/mol. The minimum absolute atomic E-state index is 0.0372. The molecule has 1 atom stereocenters. The number of carbonyl (C=O) groups is 1. The highest BCUT2D eigenvalue weighted by molar-refractivity contribution is 7.91. The molecule has 132 valence electrons. The molecule has 0 spiro atoms. The summed E-state index contributed by atoms with van der Waals surface area (Å²) >= 11 is 0. The van der Waals surface area contributed by atoms with Crippen LogP contribution in [0, 0.1) is 5.92 Å². The van der Waals surface area contributed by atoms with Gasteiger partial charge in [-0.25, -0.2) is 8.42 Å². The quantitative estimate of drug-likeness (QED) is 0.890. The second kappa shape index (κ2) is 7.27. The zero-order valence-corrected chi connectivity index (χ0v) is 14.9. The molecule has 1 heterocycles. The number of benzene rings is 2. The summed E-state index contributed by atoms with van der Waals surface area (Å²) in [6.45, 7) is 2.54. The van der Waals surface area contributed by atoms with Crippen LogP contribution in [0.3, 0.4) is 0 Å². The summed E-state index contributed by atoms with van der Waals surface area (Å²) in [6, 6.07) is 14.2. The fraction of sp³-hybridized carbons (Fsp3) is 0.316. The SMILES string of the molecule is CCS(=O)(=O)c1ccccc1C(=O)NCC1COc2ccccc2C1. The topological polar surface area (TPSA) is 72.5 Å². The van der Waals surface area contributed by atoms with Gasteiger partial charge in [0.1, 0.15) is 5.75 Å².